The lowest BCUT2D eigenvalue weighted by Gasteiger charge is -2.10. The van der Waals surface area contributed by atoms with Crippen molar-refractivity contribution in [1.29, 1.82) is 0 Å². The van der Waals surface area contributed by atoms with E-state index in [0.29, 0.717) is 6.61 Å². The predicted molar refractivity (Wildman–Crippen MR) is 82.3 cm³/mol. The molecule has 2 aromatic rings. The van der Waals surface area contributed by atoms with Crippen LogP contribution in [0.4, 0.5) is 0 Å². The number of ether oxygens (including phenoxy) is 1. The van der Waals surface area contributed by atoms with Gasteiger partial charge >= 0.3 is 0 Å². The summed E-state index contributed by atoms with van der Waals surface area (Å²) in [5.74, 6) is 0.878. The van der Waals surface area contributed by atoms with E-state index in [1.807, 2.05) is 18.2 Å². The normalized spacial score (nSPS) is 10.4. The van der Waals surface area contributed by atoms with Crippen LogP contribution in [-0.4, -0.2) is 0 Å². The Labute approximate surface area is 124 Å². The summed E-state index contributed by atoms with van der Waals surface area (Å²) in [6, 6.07) is 14.4. The molecule has 0 bridgehead atoms. The lowest BCUT2D eigenvalue weighted by molar-refractivity contribution is 0.303. The van der Waals surface area contributed by atoms with Gasteiger partial charge in [-0.1, -0.05) is 46.3 Å². The van der Waals surface area contributed by atoms with Gasteiger partial charge in [0.2, 0.25) is 0 Å². The molecule has 0 amide bonds. The number of alkyl halides is 1. The zero-order valence-corrected chi connectivity index (χ0v) is 13.3. The van der Waals surface area contributed by atoms with E-state index in [-0.39, 0.29) is 0 Å². The maximum atomic E-state index is 5.84. The van der Waals surface area contributed by atoms with Gasteiger partial charge in [0.25, 0.3) is 0 Å². The van der Waals surface area contributed by atoms with Crippen molar-refractivity contribution in [3.8, 4) is 5.75 Å². The first-order chi connectivity index (χ1) is 8.70. The molecule has 0 aliphatic heterocycles. The minimum absolute atomic E-state index is 0.596. The third-order valence-electron chi connectivity index (χ3n) is 2.80. The van der Waals surface area contributed by atoms with E-state index < -0.39 is 0 Å². The maximum absolute atomic E-state index is 5.84. The third kappa shape index (κ3) is 3.36. The largest absolute Gasteiger partial charge is 0.488 e. The summed E-state index contributed by atoms with van der Waals surface area (Å²) in [6.45, 7) is 2.70. The topological polar surface area (TPSA) is 9.23 Å². The Balaban J connectivity index is 2.09. The van der Waals surface area contributed by atoms with Gasteiger partial charge < -0.3 is 4.74 Å². The molecule has 0 heterocycles. The van der Waals surface area contributed by atoms with Crippen molar-refractivity contribution in [2.45, 2.75) is 18.9 Å². The van der Waals surface area contributed by atoms with Crippen LogP contribution in [0, 0.1) is 6.92 Å². The number of aryl methyl sites for hydroxylation is 1. The van der Waals surface area contributed by atoms with E-state index >= 15 is 0 Å². The predicted octanol–water partition coefficient (Wildman–Crippen LogP) is 5.23. The number of rotatable bonds is 4. The van der Waals surface area contributed by atoms with Gasteiger partial charge in [-0.25, -0.2) is 0 Å². The molecule has 3 heteroatoms. The summed E-state index contributed by atoms with van der Waals surface area (Å²) in [5.41, 5.74) is 3.70. The van der Waals surface area contributed by atoms with Crippen molar-refractivity contribution in [1.82, 2.24) is 0 Å². The third-order valence-corrected chi connectivity index (χ3v) is 4.06. The lowest BCUT2D eigenvalue weighted by Crippen LogP contribution is -1.98. The van der Waals surface area contributed by atoms with Crippen LogP contribution in [0.1, 0.15) is 16.7 Å². The standard InChI is InChI=1S/C15H14Br2O/c1-11-4-2-3-5-13(11)10-18-15-7-6-12(9-16)8-14(15)17/h2-8H,9-10H2,1H3. The van der Waals surface area contributed by atoms with Crippen LogP contribution in [0.3, 0.4) is 0 Å². The van der Waals surface area contributed by atoms with Crippen molar-refractivity contribution in [3.05, 3.63) is 63.6 Å². The highest BCUT2D eigenvalue weighted by molar-refractivity contribution is 9.10. The molecule has 0 saturated carbocycles. The molecule has 1 nitrogen and oxygen atoms in total. The summed E-state index contributed by atoms with van der Waals surface area (Å²) >= 11 is 6.97. The maximum Gasteiger partial charge on any atom is 0.134 e. The van der Waals surface area contributed by atoms with Gasteiger partial charge in [-0.3, -0.25) is 0 Å². The molecule has 18 heavy (non-hydrogen) atoms. The van der Waals surface area contributed by atoms with Crippen LogP contribution in [0.5, 0.6) is 5.75 Å². The zero-order chi connectivity index (χ0) is 13.0. The smallest absolute Gasteiger partial charge is 0.134 e. The van der Waals surface area contributed by atoms with Crippen molar-refractivity contribution in [3.63, 3.8) is 0 Å². The summed E-state index contributed by atoms with van der Waals surface area (Å²) in [6.07, 6.45) is 0. The summed E-state index contributed by atoms with van der Waals surface area (Å²) in [7, 11) is 0. The van der Waals surface area contributed by atoms with Gasteiger partial charge in [0.05, 0.1) is 4.47 Å². The first kappa shape index (κ1) is 13.6. The molecule has 0 aromatic heterocycles. The average molecular weight is 370 g/mol. The van der Waals surface area contributed by atoms with Gasteiger partial charge in [0.15, 0.2) is 0 Å². The van der Waals surface area contributed by atoms with Crippen LogP contribution in [0.15, 0.2) is 46.9 Å². The second-order valence-electron chi connectivity index (χ2n) is 4.11. The van der Waals surface area contributed by atoms with Crippen molar-refractivity contribution in [2.75, 3.05) is 0 Å². The molecular formula is C15H14Br2O. The van der Waals surface area contributed by atoms with Crippen molar-refractivity contribution in [2.24, 2.45) is 0 Å². The molecule has 0 N–H and O–H groups in total. The van der Waals surface area contributed by atoms with E-state index in [0.717, 1.165) is 15.6 Å². The monoisotopic (exact) mass is 368 g/mol. The van der Waals surface area contributed by atoms with Crippen molar-refractivity contribution < 1.29 is 4.74 Å². The Bertz CT molecular complexity index is 538. The molecular weight excluding hydrogens is 356 g/mol. The van der Waals surface area contributed by atoms with E-state index in [9.17, 15) is 0 Å². The highest BCUT2D eigenvalue weighted by atomic mass is 79.9. The number of benzene rings is 2. The molecule has 0 spiro atoms. The van der Waals surface area contributed by atoms with Crippen LogP contribution in [-0.2, 0) is 11.9 Å². The van der Waals surface area contributed by atoms with E-state index in [1.54, 1.807) is 0 Å². The first-order valence-corrected chi connectivity index (χ1v) is 7.64. The highest BCUT2D eigenvalue weighted by Gasteiger charge is 2.04. The summed E-state index contributed by atoms with van der Waals surface area (Å²) < 4.78 is 6.83. The number of hydrogen-bond acceptors (Lipinski definition) is 1. The first-order valence-electron chi connectivity index (χ1n) is 5.72. The molecule has 0 unspecified atom stereocenters. The second-order valence-corrected chi connectivity index (χ2v) is 5.53. The summed E-state index contributed by atoms with van der Waals surface area (Å²) in [5, 5.41) is 0.851. The van der Waals surface area contributed by atoms with Gasteiger partial charge in [-0.2, -0.15) is 0 Å². The molecule has 0 aliphatic rings. The molecule has 0 saturated heterocycles. The Morgan fingerprint density at radius 2 is 1.89 bits per heavy atom. The average Bonchev–Trinajstić information content (AvgIpc) is 2.39. The van der Waals surface area contributed by atoms with Crippen LogP contribution in [0.2, 0.25) is 0 Å². The zero-order valence-electron chi connectivity index (χ0n) is 10.1. The molecule has 2 aromatic carbocycles. The van der Waals surface area contributed by atoms with Crippen molar-refractivity contribution >= 4 is 31.9 Å². The molecule has 94 valence electrons. The molecule has 0 radical (unpaired) electrons. The summed E-state index contributed by atoms with van der Waals surface area (Å²) in [4.78, 5) is 0. The highest BCUT2D eigenvalue weighted by Crippen LogP contribution is 2.27. The number of hydrogen-bond donors (Lipinski definition) is 0. The molecule has 0 atom stereocenters. The second kappa shape index (κ2) is 6.39. The van der Waals surface area contributed by atoms with Gasteiger partial charge in [0, 0.05) is 5.33 Å². The van der Waals surface area contributed by atoms with Gasteiger partial charge in [-0.15, -0.1) is 0 Å². The van der Waals surface area contributed by atoms with E-state index in [4.69, 9.17) is 4.74 Å². The number of halogens is 2. The Kier molecular flexibility index (Phi) is 4.84. The Hall–Kier alpha value is -0.800. The van der Waals surface area contributed by atoms with E-state index in [1.165, 1.54) is 16.7 Å². The minimum Gasteiger partial charge on any atom is -0.488 e. The van der Waals surface area contributed by atoms with Gasteiger partial charge in [-0.05, 0) is 51.7 Å². The minimum atomic E-state index is 0.596. The fraction of sp³-hybridized carbons (Fsp3) is 0.200. The fourth-order valence-corrected chi connectivity index (χ4v) is 2.56. The van der Waals surface area contributed by atoms with Gasteiger partial charge in [0.1, 0.15) is 12.4 Å². The fourth-order valence-electron chi connectivity index (χ4n) is 1.67. The molecule has 0 aliphatic carbocycles. The van der Waals surface area contributed by atoms with Crippen LogP contribution >= 0.6 is 31.9 Å². The quantitative estimate of drug-likeness (QED) is 0.670. The lowest BCUT2D eigenvalue weighted by atomic mass is 10.1. The molecule has 2 rings (SSSR count). The van der Waals surface area contributed by atoms with Crippen LogP contribution < -0.4 is 4.74 Å². The Morgan fingerprint density at radius 1 is 1.11 bits per heavy atom. The van der Waals surface area contributed by atoms with E-state index in [2.05, 4.69) is 63.0 Å². The Morgan fingerprint density at radius 3 is 2.56 bits per heavy atom. The van der Waals surface area contributed by atoms with Crippen LogP contribution in [0.25, 0.3) is 0 Å². The SMILES string of the molecule is Cc1ccccc1COc1ccc(CBr)cc1Br. The molecule has 0 fully saturated rings.